The molecule has 2 aromatic carbocycles. The minimum Gasteiger partial charge on any atom is -0.489 e. The molecular formula is C16H15ClO2. The molecule has 98 valence electrons. The number of ketones is 1. The summed E-state index contributed by atoms with van der Waals surface area (Å²) >= 11 is 5.80. The van der Waals surface area contributed by atoms with E-state index in [1.165, 1.54) is 0 Å². The highest BCUT2D eigenvalue weighted by Crippen LogP contribution is 2.17. The Morgan fingerprint density at radius 2 is 1.89 bits per heavy atom. The Hall–Kier alpha value is -1.80. The second kappa shape index (κ2) is 6.39. The lowest BCUT2D eigenvalue weighted by molar-refractivity contribution is 0.0991. The molecule has 0 saturated heterocycles. The van der Waals surface area contributed by atoms with E-state index in [1.807, 2.05) is 36.4 Å². The van der Waals surface area contributed by atoms with Crippen LogP contribution >= 0.6 is 11.6 Å². The van der Waals surface area contributed by atoms with Gasteiger partial charge >= 0.3 is 0 Å². The van der Waals surface area contributed by atoms with Gasteiger partial charge in [-0.05, 0) is 24.6 Å². The first-order valence-electron chi connectivity index (χ1n) is 6.12. The van der Waals surface area contributed by atoms with Gasteiger partial charge in [-0.2, -0.15) is 0 Å². The molecule has 0 aliphatic carbocycles. The van der Waals surface area contributed by atoms with Crippen LogP contribution < -0.4 is 4.74 Å². The monoisotopic (exact) mass is 274 g/mol. The smallest absolute Gasteiger partial charge is 0.180 e. The van der Waals surface area contributed by atoms with Crippen LogP contribution in [0, 0.1) is 0 Å². The number of benzene rings is 2. The van der Waals surface area contributed by atoms with Crippen LogP contribution in [0.15, 0.2) is 54.6 Å². The Bertz CT molecular complexity index is 550. The molecule has 0 aliphatic rings. The van der Waals surface area contributed by atoms with Gasteiger partial charge in [0.25, 0.3) is 0 Å². The van der Waals surface area contributed by atoms with Gasteiger partial charge in [0, 0.05) is 5.56 Å². The number of hydrogen-bond acceptors (Lipinski definition) is 2. The molecule has 0 aliphatic heterocycles. The third-order valence-electron chi connectivity index (χ3n) is 2.73. The van der Waals surface area contributed by atoms with E-state index in [-0.39, 0.29) is 5.78 Å². The molecule has 2 nitrogen and oxygen atoms in total. The van der Waals surface area contributed by atoms with Crippen LogP contribution in [-0.2, 0) is 6.61 Å². The average molecular weight is 275 g/mol. The molecule has 3 heteroatoms. The second-order valence-corrected chi connectivity index (χ2v) is 4.94. The van der Waals surface area contributed by atoms with E-state index >= 15 is 0 Å². The highest BCUT2D eigenvalue weighted by atomic mass is 35.5. The molecule has 0 fully saturated rings. The van der Waals surface area contributed by atoms with E-state index in [4.69, 9.17) is 16.3 Å². The molecule has 0 heterocycles. The van der Waals surface area contributed by atoms with Gasteiger partial charge in [-0.15, -0.1) is 11.6 Å². The zero-order valence-electron chi connectivity index (χ0n) is 10.7. The number of ether oxygens (including phenoxy) is 1. The normalized spacial score (nSPS) is 11.9. The molecule has 0 spiro atoms. The molecule has 0 bridgehead atoms. The first-order valence-corrected chi connectivity index (χ1v) is 6.55. The molecule has 0 saturated carbocycles. The van der Waals surface area contributed by atoms with E-state index in [0.717, 1.165) is 5.56 Å². The standard InChI is InChI=1S/C16H15ClO2/c1-12(17)16(18)14-8-5-9-15(10-14)19-11-13-6-3-2-4-7-13/h2-10,12H,11H2,1H3. The van der Waals surface area contributed by atoms with Crippen molar-refractivity contribution in [2.45, 2.75) is 18.9 Å². The molecular weight excluding hydrogens is 260 g/mol. The topological polar surface area (TPSA) is 26.3 Å². The van der Waals surface area contributed by atoms with Crippen molar-refractivity contribution in [2.24, 2.45) is 0 Å². The number of Topliss-reactive ketones (excluding diaryl/α,β-unsaturated/α-hetero) is 1. The first kappa shape index (κ1) is 13.6. The van der Waals surface area contributed by atoms with Crippen molar-refractivity contribution >= 4 is 17.4 Å². The van der Waals surface area contributed by atoms with Crippen LogP contribution in [0.1, 0.15) is 22.8 Å². The van der Waals surface area contributed by atoms with Gasteiger partial charge in [0.2, 0.25) is 0 Å². The van der Waals surface area contributed by atoms with Gasteiger partial charge in [-0.3, -0.25) is 4.79 Å². The molecule has 0 aromatic heterocycles. The third-order valence-corrected chi connectivity index (χ3v) is 2.93. The van der Waals surface area contributed by atoms with Crippen molar-refractivity contribution in [3.8, 4) is 5.75 Å². The fourth-order valence-electron chi connectivity index (χ4n) is 1.71. The quantitative estimate of drug-likeness (QED) is 0.607. The number of hydrogen-bond donors (Lipinski definition) is 0. The van der Waals surface area contributed by atoms with Crippen LogP contribution in [0.3, 0.4) is 0 Å². The molecule has 0 N–H and O–H groups in total. The van der Waals surface area contributed by atoms with Crippen LogP contribution in [0.5, 0.6) is 5.75 Å². The SMILES string of the molecule is CC(Cl)C(=O)c1cccc(OCc2ccccc2)c1. The summed E-state index contributed by atoms with van der Waals surface area (Å²) in [4.78, 5) is 11.8. The number of rotatable bonds is 5. The van der Waals surface area contributed by atoms with E-state index in [1.54, 1.807) is 25.1 Å². The second-order valence-electron chi connectivity index (χ2n) is 4.28. The summed E-state index contributed by atoms with van der Waals surface area (Å²) in [6.45, 7) is 2.15. The summed E-state index contributed by atoms with van der Waals surface area (Å²) in [7, 11) is 0. The minimum absolute atomic E-state index is 0.0909. The Balaban J connectivity index is 2.05. The van der Waals surface area contributed by atoms with Gasteiger partial charge in [-0.25, -0.2) is 0 Å². The number of carbonyl (C=O) groups excluding carboxylic acids is 1. The van der Waals surface area contributed by atoms with E-state index in [0.29, 0.717) is 17.9 Å². The maximum atomic E-state index is 11.8. The van der Waals surface area contributed by atoms with Crippen molar-refractivity contribution in [2.75, 3.05) is 0 Å². The molecule has 19 heavy (non-hydrogen) atoms. The molecule has 2 aromatic rings. The van der Waals surface area contributed by atoms with Crippen LogP contribution in [0.2, 0.25) is 0 Å². The van der Waals surface area contributed by atoms with E-state index in [2.05, 4.69) is 0 Å². The van der Waals surface area contributed by atoms with Crippen LogP contribution in [0.25, 0.3) is 0 Å². The Morgan fingerprint density at radius 3 is 2.58 bits per heavy atom. The Labute approximate surface area is 118 Å². The highest BCUT2D eigenvalue weighted by Gasteiger charge is 2.12. The van der Waals surface area contributed by atoms with Crippen molar-refractivity contribution in [1.82, 2.24) is 0 Å². The molecule has 0 amide bonds. The van der Waals surface area contributed by atoms with Gasteiger partial charge in [0.15, 0.2) is 5.78 Å². The first-order chi connectivity index (χ1) is 9.16. The summed E-state index contributed by atoms with van der Waals surface area (Å²) in [6, 6.07) is 17.0. The van der Waals surface area contributed by atoms with E-state index < -0.39 is 5.38 Å². The largest absolute Gasteiger partial charge is 0.489 e. The lowest BCUT2D eigenvalue weighted by Crippen LogP contribution is -2.10. The zero-order valence-corrected chi connectivity index (χ0v) is 11.4. The van der Waals surface area contributed by atoms with Crippen molar-refractivity contribution in [3.63, 3.8) is 0 Å². The fraction of sp³-hybridized carbons (Fsp3) is 0.188. The van der Waals surface area contributed by atoms with Crippen LogP contribution in [-0.4, -0.2) is 11.2 Å². The fourth-order valence-corrected chi connectivity index (χ4v) is 1.84. The van der Waals surface area contributed by atoms with Crippen molar-refractivity contribution in [1.29, 1.82) is 0 Å². The Kier molecular flexibility index (Phi) is 4.58. The number of alkyl halides is 1. The van der Waals surface area contributed by atoms with Gasteiger partial charge in [-0.1, -0.05) is 42.5 Å². The van der Waals surface area contributed by atoms with Crippen molar-refractivity contribution in [3.05, 3.63) is 65.7 Å². The maximum absolute atomic E-state index is 11.8. The Morgan fingerprint density at radius 1 is 1.16 bits per heavy atom. The lowest BCUT2D eigenvalue weighted by atomic mass is 10.1. The summed E-state index contributed by atoms with van der Waals surface area (Å²) in [5.41, 5.74) is 1.66. The highest BCUT2D eigenvalue weighted by molar-refractivity contribution is 6.33. The van der Waals surface area contributed by atoms with Gasteiger partial charge in [0.1, 0.15) is 12.4 Å². The average Bonchev–Trinajstić information content (AvgIpc) is 2.45. The summed E-state index contributed by atoms with van der Waals surface area (Å²) in [5.74, 6) is 0.582. The molecule has 1 atom stereocenters. The predicted molar refractivity (Wildman–Crippen MR) is 76.9 cm³/mol. The minimum atomic E-state index is -0.524. The molecule has 2 rings (SSSR count). The lowest BCUT2D eigenvalue weighted by Gasteiger charge is -2.08. The molecule has 1 unspecified atom stereocenters. The van der Waals surface area contributed by atoms with Crippen molar-refractivity contribution < 1.29 is 9.53 Å². The molecule has 0 radical (unpaired) electrons. The maximum Gasteiger partial charge on any atom is 0.180 e. The van der Waals surface area contributed by atoms with Gasteiger partial charge in [0.05, 0.1) is 5.38 Å². The third kappa shape index (κ3) is 3.83. The summed E-state index contributed by atoms with van der Waals surface area (Å²) in [6.07, 6.45) is 0. The predicted octanol–water partition coefficient (Wildman–Crippen LogP) is 4.08. The van der Waals surface area contributed by atoms with Gasteiger partial charge < -0.3 is 4.74 Å². The number of carbonyl (C=O) groups is 1. The van der Waals surface area contributed by atoms with E-state index in [9.17, 15) is 4.79 Å². The van der Waals surface area contributed by atoms with Crippen LogP contribution in [0.4, 0.5) is 0 Å². The number of halogens is 1. The zero-order chi connectivity index (χ0) is 13.7. The summed E-state index contributed by atoms with van der Waals surface area (Å²) < 4.78 is 5.67. The summed E-state index contributed by atoms with van der Waals surface area (Å²) in [5, 5.41) is -0.524.